The molecule has 500 valence electrons. The summed E-state index contributed by atoms with van der Waals surface area (Å²) in [6.07, 6.45) is -19.9. The van der Waals surface area contributed by atoms with Crippen LogP contribution in [0.15, 0.2) is 272 Å². The van der Waals surface area contributed by atoms with Crippen molar-refractivity contribution in [2.24, 2.45) is 0 Å². The molecule has 0 saturated carbocycles. The van der Waals surface area contributed by atoms with Gasteiger partial charge in [0, 0.05) is 84.1 Å². The highest BCUT2D eigenvalue weighted by Crippen LogP contribution is 2.32. The zero-order valence-corrected chi connectivity index (χ0v) is 49.9. The standard InChI is InChI=1S/5C17H21NO/c5*1-14-8-6-7-11-16(14)19-17(12-13-18-2)15-9-4-3-5-10-15/h5*3-11,17-18H,12-13H2,1-2H3/i1D3,2D3,3D,4D,5D,6D,7D,8D,9D,10D,11D;1D3,2D3,6D,7D,8D,11D,12D2,13D2,17D;1D3,2D3,6D,7D,8D,11D,13D2,17D;1D3,2D3,6D,7D,8D,11D,12D2,17D;1D3,2D3,6D,7D,8D,11D,17D. The number of benzene rings is 10. The Morgan fingerprint density at radius 1 is 0.305 bits per heavy atom. The van der Waals surface area contributed by atoms with Crippen molar-refractivity contribution in [3.05, 3.63) is 328 Å². The van der Waals surface area contributed by atoms with Crippen LogP contribution in [0.25, 0.3) is 0 Å². The molecule has 5 atom stereocenters. The van der Waals surface area contributed by atoms with Gasteiger partial charge >= 0.3 is 0 Å². The molecule has 0 aromatic heterocycles. The molecule has 5 unspecified atom stereocenters. The number of hydrogen-bond acceptors (Lipinski definition) is 10. The van der Waals surface area contributed by atoms with E-state index >= 15 is 0 Å². The van der Waals surface area contributed by atoms with E-state index in [0.29, 0.717) is 0 Å². The minimum absolute atomic E-state index is 0.0140. The molecule has 0 aliphatic heterocycles. The van der Waals surface area contributed by atoms with Crippen LogP contribution in [-0.4, -0.2) is 67.5 Å². The van der Waals surface area contributed by atoms with Gasteiger partial charge in [0.2, 0.25) is 0 Å². The van der Waals surface area contributed by atoms with Crippen LogP contribution >= 0.6 is 0 Å². The van der Waals surface area contributed by atoms with Gasteiger partial charge in [0.1, 0.15) is 59.2 Å². The van der Waals surface area contributed by atoms with Crippen molar-refractivity contribution in [3.8, 4) is 28.7 Å². The zero-order chi connectivity index (χ0) is 125. The Labute approximate surface area is 664 Å². The summed E-state index contributed by atoms with van der Waals surface area (Å²) < 4.78 is 552. The van der Waals surface area contributed by atoms with Crippen LogP contribution in [0.4, 0.5) is 0 Å². The Hall–Kier alpha value is -9.00. The molecule has 0 amide bonds. The molecule has 10 rings (SSSR count). The van der Waals surface area contributed by atoms with Gasteiger partial charge in [0.05, 0.1) is 39.8 Å². The van der Waals surface area contributed by atoms with Crippen LogP contribution in [0.5, 0.6) is 28.7 Å². The first-order chi connectivity index (χ1) is 73.0. The normalized spacial score (nSPS) is 25.6. The Morgan fingerprint density at radius 2 is 0.621 bits per heavy atom. The van der Waals surface area contributed by atoms with E-state index in [9.17, 15) is 0 Å². The molecule has 0 aliphatic carbocycles. The number of para-hydroxylation sites is 5. The third kappa shape index (κ3) is 27.5. The highest BCUT2D eigenvalue weighted by atomic mass is 16.5. The number of hydrogen-bond donors (Lipinski definition) is 5. The largest absolute Gasteiger partial charge is 0.485 e. The maximum absolute atomic E-state index is 8.86. The van der Waals surface area contributed by atoms with Crippen LogP contribution < -0.4 is 50.3 Å². The molecule has 10 aromatic rings. The fourth-order valence-electron chi connectivity index (χ4n) is 7.12. The Kier molecular flexibility index (Phi) is 11.7. The van der Waals surface area contributed by atoms with E-state index in [2.05, 4.69) is 10.6 Å². The quantitative estimate of drug-likeness (QED) is 0.0299. The molecule has 5 N–H and O–H groups in total. The van der Waals surface area contributed by atoms with Gasteiger partial charge in [-0.3, -0.25) is 0 Å². The Balaban J connectivity index is 0.000000308. The molecule has 0 saturated heterocycles. The van der Waals surface area contributed by atoms with E-state index in [1.54, 1.807) is 35.6 Å². The summed E-state index contributed by atoms with van der Waals surface area (Å²) in [5, 5.41) is 9.68. The monoisotopic (exact) mass is 1340 g/mol. The van der Waals surface area contributed by atoms with Gasteiger partial charge in [-0.05, 0) is 188 Å². The van der Waals surface area contributed by atoms with Crippen LogP contribution in [0, 0.1) is 34.3 Å². The van der Waals surface area contributed by atoms with Crippen molar-refractivity contribution in [1.29, 1.82) is 0 Å². The first kappa shape index (κ1) is 24.9. The number of ether oxygens (including phenoxy) is 5. The molecular formula is C85H105N5O5. The van der Waals surface area contributed by atoms with Gasteiger partial charge in [0.25, 0.3) is 0 Å². The summed E-state index contributed by atoms with van der Waals surface area (Å²) in [5.41, 5.74) is -5.02. The molecule has 0 bridgehead atoms. The highest BCUT2D eigenvalue weighted by Gasteiger charge is 2.18. The van der Waals surface area contributed by atoms with E-state index in [-0.39, 0.29) is 48.2 Å². The highest BCUT2D eigenvalue weighted by molar-refractivity contribution is 5.37. The van der Waals surface area contributed by atoms with Crippen molar-refractivity contribution < 1.29 is 116 Å². The van der Waals surface area contributed by atoms with Gasteiger partial charge in [-0.15, -0.1) is 0 Å². The topological polar surface area (TPSA) is 106 Å². The molecule has 10 aromatic carbocycles. The zero-order valence-electron chi connectivity index (χ0n) is 117. The van der Waals surface area contributed by atoms with E-state index < -0.39 is 351 Å². The summed E-state index contributed by atoms with van der Waals surface area (Å²) in [4.78, 5) is 0. The molecule has 0 spiro atoms. The van der Waals surface area contributed by atoms with E-state index in [1.165, 1.54) is 84.2 Å². The predicted molar refractivity (Wildman–Crippen MR) is 398 cm³/mol. The van der Waals surface area contributed by atoms with Crippen molar-refractivity contribution in [2.75, 3.05) is 67.5 Å². The van der Waals surface area contributed by atoms with Gasteiger partial charge in [-0.25, -0.2) is 0 Å². The van der Waals surface area contributed by atoms with E-state index in [1.807, 2.05) is 5.32 Å². The number of rotatable bonds is 30. The van der Waals surface area contributed by atoms with Gasteiger partial charge in [-0.1, -0.05) is 242 Å². The van der Waals surface area contributed by atoms with Crippen molar-refractivity contribution in [3.63, 3.8) is 0 Å². The molecule has 0 fully saturated rings. The lowest BCUT2D eigenvalue weighted by Gasteiger charge is -2.20. The lowest BCUT2D eigenvalue weighted by molar-refractivity contribution is 0.193. The fraction of sp³-hybridized carbons (Fsp3) is 0.294. The van der Waals surface area contributed by atoms with Crippen LogP contribution in [0.3, 0.4) is 0 Å². The minimum atomic E-state index is -3.57. The second-order valence-corrected chi connectivity index (χ2v) is 17.8. The molecular weight excluding hydrogens is 1170 g/mol. The molecule has 10 heteroatoms. The first-order valence-corrected chi connectivity index (χ1v) is 27.6. The maximum atomic E-state index is 8.86. The van der Waals surface area contributed by atoms with Crippen LogP contribution in [0.1, 0.15) is 210 Å². The summed E-state index contributed by atoms with van der Waals surface area (Å²) in [7, 11) is 0. The summed E-state index contributed by atoms with van der Waals surface area (Å²) in [6.45, 7) is -36.7. The predicted octanol–water partition coefficient (Wildman–Crippen LogP) is 18.6. The van der Waals surface area contributed by atoms with Crippen molar-refractivity contribution in [1.82, 2.24) is 26.6 Å². The van der Waals surface area contributed by atoms with Crippen molar-refractivity contribution in [2.45, 2.75) is 96.7 Å². The molecule has 0 aliphatic rings. The van der Waals surface area contributed by atoms with Crippen molar-refractivity contribution >= 4 is 0 Å². The summed E-state index contributed by atoms with van der Waals surface area (Å²) >= 11 is 0. The van der Waals surface area contributed by atoms with Crippen LogP contribution in [0.2, 0.25) is 0 Å². The average molecular weight is 1340 g/mol. The maximum Gasteiger partial charge on any atom is 0.125 e. The van der Waals surface area contributed by atoms with Gasteiger partial charge in [-0.2, -0.15) is 0 Å². The average Bonchev–Trinajstić information content (AvgIpc) is 0.719. The van der Waals surface area contributed by atoms with Crippen LogP contribution in [-0.2, 0) is 0 Å². The van der Waals surface area contributed by atoms with Gasteiger partial charge < -0.3 is 50.3 Å². The second kappa shape index (κ2) is 44.6. The number of nitrogens with one attached hydrogen (secondary N) is 5. The Morgan fingerprint density at radius 3 is 1.02 bits per heavy atom. The third-order valence-electron chi connectivity index (χ3n) is 11.4. The fourth-order valence-corrected chi connectivity index (χ4v) is 7.12. The minimum Gasteiger partial charge on any atom is -0.485 e. The summed E-state index contributed by atoms with van der Waals surface area (Å²) in [5.74, 6) is -4.27. The molecule has 10 nitrogen and oxygen atoms in total. The van der Waals surface area contributed by atoms with E-state index in [0.717, 1.165) is 12.1 Å². The smallest absolute Gasteiger partial charge is 0.125 e. The molecule has 0 radical (unpaired) electrons. The first-order valence-electron chi connectivity index (χ1n) is 61.1. The Bertz CT molecular complexity index is 6830. The SMILES string of the molecule is [2H]c1c([2H])c([2H])c(C(CCNC([2H])([2H])[2H])Oc2c([2H])c([2H])c([2H])c([2H])c2C([2H])([2H])[2H])c([2H])c1[2H].[2H]c1c([2H])c([2H])c(C([2H])([2H])[2H])c(OC([2H])(CC([2H])([2H])NC([2H])([2H])[2H])c2ccccc2)c1[2H].[2H]c1c([2H])c([2H])c(C([2H])([2H])[2H])c(OC([2H])(CCNC([2H])([2H])[2H])c2ccccc2)c1[2H].[2H]c1c([2H])c([2H])c(C([2H])([2H])[2H])c(OC([2H])(c2ccccc2)C([2H])([2H])C([2H])([2H])NC([2H])([2H])[2H])c1[2H].[2H]c1c([2H])c([2H])c(C([2H])([2H])[2H])c(OC([2H])(c2ccccc2)C([2H])([2H])CNC([2H])([2H])[2H])c1[2H]. The third-order valence-corrected chi connectivity index (χ3v) is 11.4. The molecule has 0 heterocycles. The summed E-state index contributed by atoms with van der Waals surface area (Å²) in [6, 6.07) is 8.55. The second-order valence-electron chi connectivity index (χ2n) is 17.8. The van der Waals surface area contributed by atoms with Gasteiger partial charge in [0.15, 0.2) is 0 Å². The lowest BCUT2D eigenvalue weighted by atomic mass is 10.1. The molecule has 95 heavy (non-hydrogen) atoms. The van der Waals surface area contributed by atoms with E-state index in [4.69, 9.17) is 116 Å². The lowest BCUT2D eigenvalue weighted by Crippen LogP contribution is -2.16.